The summed E-state index contributed by atoms with van der Waals surface area (Å²) in [5, 5.41) is 3.33. The number of rotatable bonds is 3. The third-order valence-electron chi connectivity index (χ3n) is 3.80. The van der Waals surface area contributed by atoms with E-state index in [1.807, 2.05) is 0 Å². The fourth-order valence-electron chi connectivity index (χ4n) is 2.62. The largest absolute Gasteiger partial charge is 0.478 e. The van der Waals surface area contributed by atoms with Crippen LogP contribution in [0.1, 0.15) is 6.42 Å². The van der Waals surface area contributed by atoms with Gasteiger partial charge < -0.3 is 10.1 Å². The Balaban J connectivity index is 1.83. The van der Waals surface area contributed by atoms with Crippen molar-refractivity contribution in [2.75, 3.05) is 22.4 Å². The molecule has 132 valence electrons. The first kappa shape index (κ1) is 17.6. The third kappa shape index (κ3) is 4.05. The van der Waals surface area contributed by atoms with E-state index < -0.39 is 16.1 Å². The maximum atomic E-state index is 12.5. The van der Waals surface area contributed by atoms with Crippen LogP contribution in [-0.2, 0) is 14.8 Å². The fourth-order valence-corrected chi connectivity index (χ4v) is 3.69. The molecule has 2 aromatic rings. The molecule has 0 fully saturated rings. The quantitative estimate of drug-likeness (QED) is 0.888. The van der Waals surface area contributed by atoms with Crippen LogP contribution in [0.25, 0.3) is 0 Å². The van der Waals surface area contributed by atoms with Gasteiger partial charge in [-0.3, -0.25) is 9.10 Å². The van der Waals surface area contributed by atoms with E-state index in [1.165, 1.54) is 4.31 Å². The number of ether oxygens (including phenoxy) is 1. The van der Waals surface area contributed by atoms with E-state index in [4.69, 9.17) is 16.3 Å². The van der Waals surface area contributed by atoms with Crippen LogP contribution >= 0.6 is 11.6 Å². The van der Waals surface area contributed by atoms with Gasteiger partial charge in [0.05, 0.1) is 11.9 Å². The van der Waals surface area contributed by atoms with E-state index >= 15 is 0 Å². The molecular formula is C17H17ClN2O4S. The predicted molar refractivity (Wildman–Crippen MR) is 97.7 cm³/mol. The summed E-state index contributed by atoms with van der Waals surface area (Å²) in [6.07, 6.45) is 0.572. The Morgan fingerprint density at radius 3 is 2.56 bits per heavy atom. The number of carbonyl (C=O) groups excluding carboxylic acids is 1. The number of anilines is 2. The molecule has 0 radical (unpaired) electrons. The maximum absolute atomic E-state index is 12.5. The Bertz CT molecular complexity index is 884. The summed E-state index contributed by atoms with van der Waals surface area (Å²) in [7, 11) is -3.47. The number of sulfonamides is 1. The molecule has 1 amide bonds. The Morgan fingerprint density at radius 2 is 1.88 bits per heavy atom. The molecular weight excluding hydrogens is 364 g/mol. The number of carbonyl (C=O) groups is 1. The summed E-state index contributed by atoms with van der Waals surface area (Å²) >= 11 is 5.83. The highest BCUT2D eigenvalue weighted by Gasteiger charge is 2.31. The zero-order valence-corrected chi connectivity index (χ0v) is 15.0. The van der Waals surface area contributed by atoms with E-state index in [0.29, 0.717) is 22.1 Å². The number of benzene rings is 2. The fraction of sp³-hybridized carbons (Fsp3) is 0.235. The van der Waals surface area contributed by atoms with Gasteiger partial charge in [-0.1, -0.05) is 23.7 Å². The Hall–Kier alpha value is -2.25. The Labute approximate surface area is 151 Å². The molecule has 1 aliphatic rings. The molecule has 6 nitrogen and oxygen atoms in total. The van der Waals surface area contributed by atoms with E-state index in [1.54, 1.807) is 48.5 Å². The van der Waals surface area contributed by atoms with Gasteiger partial charge in [0.2, 0.25) is 10.0 Å². The van der Waals surface area contributed by atoms with Crippen molar-refractivity contribution in [3.63, 3.8) is 0 Å². The topological polar surface area (TPSA) is 75.7 Å². The van der Waals surface area contributed by atoms with Gasteiger partial charge in [0.1, 0.15) is 5.75 Å². The summed E-state index contributed by atoms with van der Waals surface area (Å²) in [4.78, 5) is 12.5. The van der Waals surface area contributed by atoms with Crippen LogP contribution < -0.4 is 14.4 Å². The number of hydrogen-bond acceptors (Lipinski definition) is 4. The summed E-state index contributed by atoms with van der Waals surface area (Å²) in [6, 6.07) is 13.5. The third-order valence-corrected chi connectivity index (χ3v) is 5.23. The van der Waals surface area contributed by atoms with Gasteiger partial charge >= 0.3 is 0 Å². The lowest BCUT2D eigenvalue weighted by molar-refractivity contribution is -0.122. The minimum absolute atomic E-state index is 0.161. The highest BCUT2D eigenvalue weighted by Crippen LogP contribution is 2.34. The SMILES string of the molecule is CS(=O)(=O)N1CC[C@@H](C(=O)Nc2ccc(Cl)cc2)Oc2ccccc21. The van der Waals surface area contributed by atoms with Crippen LogP contribution in [0.5, 0.6) is 5.75 Å². The smallest absolute Gasteiger partial charge is 0.265 e. The van der Waals surface area contributed by atoms with Crippen LogP contribution in [0.3, 0.4) is 0 Å². The van der Waals surface area contributed by atoms with Gasteiger partial charge in [0.15, 0.2) is 6.10 Å². The zero-order valence-electron chi connectivity index (χ0n) is 13.5. The number of amides is 1. The van der Waals surface area contributed by atoms with E-state index in [9.17, 15) is 13.2 Å². The van der Waals surface area contributed by atoms with Crippen molar-refractivity contribution in [1.82, 2.24) is 0 Å². The lowest BCUT2D eigenvalue weighted by Crippen LogP contribution is -2.35. The van der Waals surface area contributed by atoms with E-state index in [2.05, 4.69) is 5.32 Å². The summed E-state index contributed by atoms with van der Waals surface area (Å²) in [5.74, 6) is 0.0224. The molecule has 0 saturated carbocycles. The van der Waals surface area contributed by atoms with Crippen molar-refractivity contribution in [3.05, 3.63) is 53.6 Å². The number of nitrogens with zero attached hydrogens (tertiary/aromatic N) is 1. The number of hydrogen-bond donors (Lipinski definition) is 1. The molecule has 0 spiro atoms. The van der Waals surface area contributed by atoms with Crippen molar-refractivity contribution in [1.29, 1.82) is 0 Å². The monoisotopic (exact) mass is 380 g/mol. The average molecular weight is 381 g/mol. The molecule has 0 bridgehead atoms. The number of nitrogens with one attached hydrogen (secondary N) is 1. The molecule has 0 saturated heterocycles. The summed E-state index contributed by atoms with van der Waals surface area (Å²) < 4.78 is 31.2. The Kier molecular flexibility index (Phi) is 4.87. The second kappa shape index (κ2) is 6.93. The van der Waals surface area contributed by atoms with E-state index in [0.717, 1.165) is 6.26 Å². The van der Waals surface area contributed by atoms with Crippen molar-refractivity contribution in [2.24, 2.45) is 0 Å². The van der Waals surface area contributed by atoms with Gasteiger partial charge in [-0.25, -0.2) is 8.42 Å². The minimum Gasteiger partial charge on any atom is -0.478 e. The standard InChI is InChI=1S/C17H17ClN2O4S/c1-25(22,23)20-11-10-16(24-15-5-3-2-4-14(15)20)17(21)19-13-8-6-12(18)7-9-13/h2-9,16H,10-11H2,1H3,(H,19,21)/t16-/m0/s1. The molecule has 0 unspecified atom stereocenters. The van der Waals surface area contributed by atoms with Crippen molar-refractivity contribution in [2.45, 2.75) is 12.5 Å². The molecule has 0 aliphatic carbocycles. The minimum atomic E-state index is -3.47. The molecule has 1 aliphatic heterocycles. The first-order valence-corrected chi connectivity index (χ1v) is 9.87. The van der Waals surface area contributed by atoms with E-state index in [-0.39, 0.29) is 18.9 Å². The molecule has 1 atom stereocenters. The lowest BCUT2D eigenvalue weighted by Gasteiger charge is -2.20. The van der Waals surface area contributed by atoms with Gasteiger partial charge in [-0.05, 0) is 36.4 Å². The maximum Gasteiger partial charge on any atom is 0.265 e. The predicted octanol–water partition coefficient (Wildman–Crippen LogP) is 2.90. The van der Waals surface area contributed by atoms with Gasteiger partial charge in [0.25, 0.3) is 5.91 Å². The molecule has 1 heterocycles. The number of para-hydroxylation sites is 2. The van der Waals surface area contributed by atoms with Gasteiger partial charge in [0, 0.05) is 23.7 Å². The van der Waals surface area contributed by atoms with Crippen LogP contribution in [-0.4, -0.2) is 33.2 Å². The van der Waals surface area contributed by atoms with Crippen molar-refractivity contribution < 1.29 is 17.9 Å². The first-order valence-electron chi connectivity index (χ1n) is 7.64. The molecule has 8 heteroatoms. The van der Waals surface area contributed by atoms with Crippen molar-refractivity contribution >= 4 is 38.9 Å². The highest BCUT2D eigenvalue weighted by molar-refractivity contribution is 7.92. The molecule has 2 aromatic carbocycles. The molecule has 3 rings (SSSR count). The van der Waals surface area contributed by atoms with Gasteiger partial charge in [-0.15, -0.1) is 0 Å². The Morgan fingerprint density at radius 1 is 1.20 bits per heavy atom. The summed E-state index contributed by atoms with van der Waals surface area (Å²) in [6.45, 7) is 0.161. The highest BCUT2D eigenvalue weighted by atomic mass is 35.5. The normalized spacial score (nSPS) is 17.2. The first-order chi connectivity index (χ1) is 11.8. The van der Waals surface area contributed by atoms with Crippen LogP contribution in [0.2, 0.25) is 5.02 Å². The molecule has 1 N–H and O–H groups in total. The molecule has 0 aromatic heterocycles. The summed E-state index contributed by atoms with van der Waals surface area (Å²) in [5.41, 5.74) is 1.03. The zero-order chi connectivity index (χ0) is 18.0. The molecule has 25 heavy (non-hydrogen) atoms. The second-order valence-corrected chi connectivity index (χ2v) is 8.04. The second-order valence-electron chi connectivity index (χ2n) is 5.69. The van der Waals surface area contributed by atoms with Crippen molar-refractivity contribution in [3.8, 4) is 5.75 Å². The van der Waals surface area contributed by atoms with Gasteiger partial charge in [-0.2, -0.15) is 0 Å². The van der Waals surface area contributed by atoms with Crippen LogP contribution in [0, 0.1) is 0 Å². The van der Waals surface area contributed by atoms with Crippen LogP contribution in [0.4, 0.5) is 11.4 Å². The number of fused-ring (bicyclic) bond motifs is 1. The lowest BCUT2D eigenvalue weighted by atomic mass is 10.2. The van der Waals surface area contributed by atoms with Crippen LogP contribution in [0.15, 0.2) is 48.5 Å². The number of halogens is 1. The average Bonchev–Trinajstić information content (AvgIpc) is 2.76.